The number of ether oxygens (including phenoxy) is 1. The molecule has 0 unspecified atom stereocenters. The maximum atomic E-state index is 12.2. The highest BCUT2D eigenvalue weighted by molar-refractivity contribution is 7.99. The first-order valence-corrected chi connectivity index (χ1v) is 10.2. The van der Waals surface area contributed by atoms with Crippen LogP contribution in [0.4, 0.5) is 0 Å². The Hall–Kier alpha value is -1.73. The summed E-state index contributed by atoms with van der Waals surface area (Å²) >= 11 is 7.18. The number of nitrogens with zero attached hydrogens (tertiary/aromatic N) is 2. The van der Waals surface area contributed by atoms with Gasteiger partial charge in [-0.15, -0.1) is 5.10 Å². The molecule has 0 aliphatic heterocycles. The van der Waals surface area contributed by atoms with Gasteiger partial charge in [0.25, 0.3) is 0 Å². The lowest BCUT2D eigenvalue weighted by Crippen LogP contribution is -2.39. The number of halogens is 1. The molecule has 0 spiro atoms. The standard InChI is InChI=1S/C18H21ClN4O2S/c19-13-3-5-14(6-4-13)25-9-16-21-18(23-22-16)26-10-17(24)20-15-8-11-1-2-12(15)7-11/h3-6,11-12,15H,1-2,7-10H2,(H,20,24)(H,21,22,23)/t11-,12-,15+/m0/s1. The van der Waals surface area contributed by atoms with E-state index in [4.69, 9.17) is 16.3 Å². The summed E-state index contributed by atoms with van der Waals surface area (Å²) in [5, 5.41) is 11.4. The summed E-state index contributed by atoms with van der Waals surface area (Å²) in [4.78, 5) is 16.5. The number of rotatable bonds is 7. The van der Waals surface area contributed by atoms with Gasteiger partial charge in [0, 0.05) is 11.1 Å². The third kappa shape index (κ3) is 4.32. The average Bonchev–Trinajstić information content (AvgIpc) is 3.36. The Morgan fingerprint density at radius 1 is 1.31 bits per heavy atom. The minimum atomic E-state index is 0.0660. The van der Waals surface area contributed by atoms with E-state index in [1.165, 1.54) is 31.0 Å². The minimum Gasteiger partial charge on any atom is -0.486 e. The number of aromatic amines is 1. The largest absolute Gasteiger partial charge is 0.486 e. The number of fused-ring (bicyclic) bond motifs is 2. The molecule has 1 aromatic heterocycles. The first-order chi connectivity index (χ1) is 12.7. The molecule has 2 saturated carbocycles. The van der Waals surface area contributed by atoms with E-state index >= 15 is 0 Å². The number of benzene rings is 1. The van der Waals surface area contributed by atoms with Gasteiger partial charge in [-0.3, -0.25) is 9.89 Å². The van der Waals surface area contributed by atoms with E-state index in [9.17, 15) is 4.79 Å². The van der Waals surface area contributed by atoms with Crippen molar-refractivity contribution in [3.63, 3.8) is 0 Å². The van der Waals surface area contributed by atoms with Gasteiger partial charge in [-0.1, -0.05) is 29.8 Å². The molecule has 0 radical (unpaired) electrons. The van der Waals surface area contributed by atoms with Crippen molar-refractivity contribution in [2.24, 2.45) is 11.8 Å². The van der Waals surface area contributed by atoms with Crippen LogP contribution in [0, 0.1) is 11.8 Å². The maximum absolute atomic E-state index is 12.2. The van der Waals surface area contributed by atoms with Gasteiger partial charge in [-0.2, -0.15) is 0 Å². The second-order valence-corrected chi connectivity index (χ2v) is 8.32. The third-order valence-corrected chi connectivity index (χ3v) is 6.22. The number of nitrogens with one attached hydrogen (secondary N) is 2. The van der Waals surface area contributed by atoms with Crippen LogP contribution in [-0.4, -0.2) is 32.9 Å². The first kappa shape index (κ1) is 17.7. The summed E-state index contributed by atoms with van der Waals surface area (Å²) in [6.07, 6.45) is 5.04. The fourth-order valence-electron chi connectivity index (χ4n) is 3.89. The lowest BCUT2D eigenvalue weighted by Gasteiger charge is -2.22. The molecule has 1 aromatic carbocycles. The van der Waals surface area contributed by atoms with Gasteiger partial charge in [0.1, 0.15) is 12.4 Å². The Bertz CT molecular complexity index is 767. The number of hydrogen-bond donors (Lipinski definition) is 2. The number of H-pyrrole nitrogens is 1. The summed E-state index contributed by atoms with van der Waals surface area (Å²) in [5.74, 6) is 3.25. The molecular weight excluding hydrogens is 372 g/mol. The quantitative estimate of drug-likeness (QED) is 0.705. The predicted octanol–water partition coefficient (Wildman–Crippen LogP) is 3.43. The number of thioether (sulfide) groups is 1. The van der Waals surface area contributed by atoms with Crippen LogP contribution < -0.4 is 10.1 Å². The molecule has 8 heteroatoms. The second-order valence-electron chi connectivity index (χ2n) is 6.94. The van der Waals surface area contributed by atoms with E-state index in [0.29, 0.717) is 39.5 Å². The van der Waals surface area contributed by atoms with E-state index in [-0.39, 0.29) is 12.5 Å². The number of aromatic nitrogens is 3. The van der Waals surface area contributed by atoms with Crippen LogP contribution in [0.25, 0.3) is 0 Å². The van der Waals surface area contributed by atoms with Crippen LogP contribution in [0.5, 0.6) is 5.75 Å². The van der Waals surface area contributed by atoms with Gasteiger partial charge in [-0.05, 0) is 55.4 Å². The Kier molecular flexibility index (Phi) is 5.36. The van der Waals surface area contributed by atoms with E-state index in [0.717, 1.165) is 12.3 Å². The molecule has 2 N–H and O–H groups in total. The molecule has 3 atom stereocenters. The Morgan fingerprint density at radius 3 is 2.88 bits per heavy atom. The fourth-order valence-corrected chi connectivity index (χ4v) is 4.64. The lowest BCUT2D eigenvalue weighted by atomic mass is 9.95. The number of carbonyl (C=O) groups excluding carboxylic acids is 1. The van der Waals surface area contributed by atoms with Crippen molar-refractivity contribution in [3.05, 3.63) is 35.1 Å². The number of hydrogen-bond acceptors (Lipinski definition) is 5. The normalized spacial score (nSPS) is 24.0. The van der Waals surface area contributed by atoms with Crippen LogP contribution in [0.1, 0.15) is 31.5 Å². The lowest BCUT2D eigenvalue weighted by molar-refractivity contribution is -0.119. The van der Waals surface area contributed by atoms with Crippen LogP contribution in [0.3, 0.4) is 0 Å². The second kappa shape index (κ2) is 7.88. The molecule has 0 saturated heterocycles. The maximum Gasteiger partial charge on any atom is 0.230 e. The Labute approximate surface area is 161 Å². The monoisotopic (exact) mass is 392 g/mol. The molecule has 138 valence electrons. The highest BCUT2D eigenvalue weighted by Gasteiger charge is 2.39. The van der Waals surface area contributed by atoms with Gasteiger partial charge in [-0.25, -0.2) is 4.98 Å². The average molecular weight is 393 g/mol. The van der Waals surface area contributed by atoms with E-state index in [2.05, 4.69) is 20.5 Å². The number of carbonyl (C=O) groups is 1. The number of amides is 1. The SMILES string of the molecule is O=C(CSc1n[nH]c(COc2ccc(Cl)cc2)n1)N[C@@H]1C[C@H]2CC[C@H]1C2. The molecule has 6 nitrogen and oxygen atoms in total. The molecule has 4 rings (SSSR count). The zero-order chi connectivity index (χ0) is 17.9. The van der Waals surface area contributed by atoms with Crippen molar-refractivity contribution < 1.29 is 9.53 Å². The molecule has 2 aliphatic carbocycles. The summed E-state index contributed by atoms with van der Waals surface area (Å²) in [6.45, 7) is 0.284. The topological polar surface area (TPSA) is 79.9 Å². The van der Waals surface area contributed by atoms with Crippen molar-refractivity contribution in [1.82, 2.24) is 20.5 Å². The van der Waals surface area contributed by atoms with E-state index in [1.807, 2.05) is 0 Å². The molecule has 1 heterocycles. The fraction of sp³-hybridized carbons (Fsp3) is 0.500. The minimum absolute atomic E-state index is 0.0660. The van der Waals surface area contributed by atoms with E-state index in [1.54, 1.807) is 24.3 Å². The smallest absolute Gasteiger partial charge is 0.230 e. The summed E-state index contributed by atoms with van der Waals surface area (Å²) in [6, 6.07) is 7.51. The highest BCUT2D eigenvalue weighted by Crippen LogP contribution is 2.44. The molecular formula is C18H21ClN4O2S. The molecule has 26 heavy (non-hydrogen) atoms. The molecule has 1 amide bonds. The van der Waals surface area contributed by atoms with Crippen molar-refractivity contribution >= 4 is 29.3 Å². The first-order valence-electron chi connectivity index (χ1n) is 8.87. The van der Waals surface area contributed by atoms with Gasteiger partial charge in [0.2, 0.25) is 11.1 Å². The van der Waals surface area contributed by atoms with Crippen LogP contribution in [-0.2, 0) is 11.4 Å². The van der Waals surface area contributed by atoms with Crippen molar-refractivity contribution in [2.75, 3.05) is 5.75 Å². The van der Waals surface area contributed by atoms with Gasteiger partial charge in [0.15, 0.2) is 5.82 Å². The van der Waals surface area contributed by atoms with Crippen LogP contribution >= 0.6 is 23.4 Å². The van der Waals surface area contributed by atoms with Crippen LogP contribution in [0.15, 0.2) is 29.4 Å². The summed E-state index contributed by atoms with van der Waals surface area (Å²) in [5.41, 5.74) is 0. The van der Waals surface area contributed by atoms with Crippen LogP contribution in [0.2, 0.25) is 5.02 Å². The molecule has 2 aliphatic rings. The highest BCUT2D eigenvalue weighted by atomic mass is 35.5. The zero-order valence-corrected chi connectivity index (χ0v) is 15.9. The van der Waals surface area contributed by atoms with E-state index < -0.39 is 0 Å². The van der Waals surface area contributed by atoms with Crippen molar-refractivity contribution in [3.8, 4) is 5.75 Å². The van der Waals surface area contributed by atoms with Crippen molar-refractivity contribution in [2.45, 2.75) is 43.5 Å². The van der Waals surface area contributed by atoms with Gasteiger partial charge in [0.05, 0.1) is 5.75 Å². The third-order valence-electron chi connectivity index (χ3n) is 5.12. The zero-order valence-electron chi connectivity index (χ0n) is 14.3. The molecule has 2 fully saturated rings. The summed E-state index contributed by atoms with van der Waals surface area (Å²) < 4.78 is 5.62. The van der Waals surface area contributed by atoms with Gasteiger partial charge >= 0.3 is 0 Å². The van der Waals surface area contributed by atoms with Gasteiger partial charge < -0.3 is 10.1 Å². The van der Waals surface area contributed by atoms with Crippen molar-refractivity contribution in [1.29, 1.82) is 0 Å². The predicted molar refractivity (Wildman–Crippen MR) is 100 cm³/mol. The summed E-state index contributed by atoms with van der Waals surface area (Å²) in [7, 11) is 0. The Morgan fingerprint density at radius 2 is 2.15 bits per heavy atom. The molecule has 2 bridgehead atoms. The molecule has 2 aromatic rings. The Balaban J connectivity index is 1.20.